The molecule has 2 N–H and O–H groups in total. The zero-order valence-corrected chi connectivity index (χ0v) is 12.1. The van der Waals surface area contributed by atoms with Gasteiger partial charge in [-0.05, 0) is 40.2 Å². The Balaban J connectivity index is 2.08. The molecule has 0 fully saturated rings. The fourth-order valence-electron chi connectivity index (χ4n) is 1.60. The second-order valence-electron chi connectivity index (χ2n) is 3.98. The average molecular weight is 355 g/mol. The summed E-state index contributed by atoms with van der Waals surface area (Å²) >= 11 is 3.18. The molecule has 2 amide bonds. The minimum Gasteiger partial charge on any atom is -0.267 e. The normalized spacial score (nSPS) is 10.0. The van der Waals surface area contributed by atoms with Gasteiger partial charge in [0.25, 0.3) is 11.8 Å². The van der Waals surface area contributed by atoms with Gasteiger partial charge in [0.15, 0.2) is 0 Å². The van der Waals surface area contributed by atoms with E-state index in [1.54, 1.807) is 18.2 Å². The van der Waals surface area contributed by atoms with E-state index in [1.807, 2.05) is 5.43 Å². The van der Waals surface area contributed by atoms with Crippen LogP contribution in [0.4, 0.5) is 8.78 Å². The molecule has 0 saturated heterocycles. The van der Waals surface area contributed by atoms with Crippen LogP contribution in [0.5, 0.6) is 0 Å². The number of hydrogen-bond acceptors (Lipinski definition) is 2. The van der Waals surface area contributed by atoms with Gasteiger partial charge in [0.2, 0.25) is 0 Å². The highest BCUT2D eigenvalue weighted by molar-refractivity contribution is 9.10. The minimum atomic E-state index is -1.08. The highest BCUT2D eigenvalue weighted by Crippen LogP contribution is 2.15. The number of amides is 2. The number of benzene rings is 2. The van der Waals surface area contributed by atoms with Crippen LogP contribution in [0.1, 0.15) is 20.7 Å². The second-order valence-corrected chi connectivity index (χ2v) is 4.84. The minimum absolute atomic E-state index is 0.270. The number of hydrazine groups is 1. The predicted octanol–water partition coefficient (Wildman–Crippen LogP) is 2.80. The van der Waals surface area contributed by atoms with E-state index in [2.05, 4.69) is 21.4 Å². The highest BCUT2D eigenvalue weighted by atomic mass is 79.9. The standard InChI is InChI=1S/C14H9BrF2N2O2/c15-9-5-2-1-4-8(9)13(20)18-19-14(21)12-10(16)6-3-7-11(12)17/h1-7H,(H,18,20)(H,19,21). The first-order chi connectivity index (χ1) is 10.0. The summed E-state index contributed by atoms with van der Waals surface area (Å²) in [7, 11) is 0. The summed E-state index contributed by atoms with van der Waals surface area (Å²) in [6.07, 6.45) is 0. The monoisotopic (exact) mass is 354 g/mol. The molecule has 2 aromatic rings. The maximum atomic E-state index is 13.4. The van der Waals surface area contributed by atoms with Gasteiger partial charge in [0, 0.05) is 4.47 Å². The van der Waals surface area contributed by atoms with E-state index >= 15 is 0 Å². The van der Waals surface area contributed by atoms with Gasteiger partial charge in [0.1, 0.15) is 17.2 Å². The number of carbonyl (C=O) groups is 2. The first-order valence-corrected chi connectivity index (χ1v) is 6.59. The number of nitrogens with one attached hydrogen (secondary N) is 2. The van der Waals surface area contributed by atoms with Gasteiger partial charge in [-0.1, -0.05) is 18.2 Å². The van der Waals surface area contributed by atoms with E-state index in [9.17, 15) is 18.4 Å². The van der Waals surface area contributed by atoms with Gasteiger partial charge in [-0.3, -0.25) is 20.4 Å². The van der Waals surface area contributed by atoms with Crippen molar-refractivity contribution in [3.63, 3.8) is 0 Å². The zero-order chi connectivity index (χ0) is 15.4. The predicted molar refractivity (Wildman–Crippen MR) is 75.4 cm³/mol. The van der Waals surface area contributed by atoms with Crippen LogP contribution in [0.2, 0.25) is 0 Å². The van der Waals surface area contributed by atoms with Crippen molar-refractivity contribution < 1.29 is 18.4 Å². The second kappa shape index (κ2) is 6.45. The molecule has 0 unspecified atom stereocenters. The molecule has 0 radical (unpaired) electrons. The number of carbonyl (C=O) groups excluding carboxylic acids is 2. The Hall–Kier alpha value is -2.28. The van der Waals surface area contributed by atoms with Crippen molar-refractivity contribution in [3.05, 3.63) is 69.7 Å². The van der Waals surface area contributed by atoms with Crippen molar-refractivity contribution in [2.24, 2.45) is 0 Å². The number of halogens is 3. The Labute approximate surface area is 127 Å². The van der Waals surface area contributed by atoms with Gasteiger partial charge in [-0.25, -0.2) is 8.78 Å². The Bertz CT molecular complexity index is 687. The van der Waals surface area contributed by atoms with Crippen LogP contribution in [-0.2, 0) is 0 Å². The van der Waals surface area contributed by atoms with Crippen LogP contribution < -0.4 is 10.9 Å². The molecule has 108 valence electrons. The van der Waals surface area contributed by atoms with E-state index in [4.69, 9.17) is 0 Å². The summed E-state index contributed by atoms with van der Waals surface area (Å²) in [5.74, 6) is -3.72. The van der Waals surface area contributed by atoms with Crippen LogP contribution in [-0.4, -0.2) is 11.8 Å². The quantitative estimate of drug-likeness (QED) is 0.814. The zero-order valence-electron chi connectivity index (χ0n) is 10.5. The highest BCUT2D eigenvalue weighted by Gasteiger charge is 2.18. The van der Waals surface area contributed by atoms with E-state index in [-0.39, 0.29) is 5.56 Å². The molecule has 7 heteroatoms. The lowest BCUT2D eigenvalue weighted by Crippen LogP contribution is -2.42. The van der Waals surface area contributed by atoms with Crippen molar-refractivity contribution in [1.82, 2.24) is 10.9 Å². The third-order valence-corrected chi connectivity index (χ3v) is 3.29. The molecule has 0 aliphatic heterocycles. The summed E-state index contributed by atoms with van der Waals surface area (Å²) in [6, 6.07) is 9.57. The molecule has 0 aliphatic rings. The third-order valence-electron chi connectivity index (χ3n) is 2.60. The molecule has 4 nitrogen and oxygen atoms in total. The Morgan fingerprint density at radius 1 is 0.857 bits per heavy atom. The van der Waals surface area contributed by atoms with Crippen molar-refractivity contribution in [2.45, 2.75) is 0 Å². The van der Waals surface area contributed by atoms with Gasteiger partial charge in [-0.15, -0.1) is 0 Å². The molecule has 0 spiro atoms. The lowest BCUT2D eigenvalue weighted by molar-refractivity contribution is 0.0841. The lowest BCUT2D eigenvalue weighted by atomic mass is 10.2. The van der Waals surface area contributed by atoms with E-state index in [1.165, 1.54) is 6.07 Å². The number of rotatable bonds is 2. The molecule has 2 aromatic carbocycles. The summed E-state index contributed by atoms with van der Waals surface area (Å²) < 4.78 is 27.3. The SMILES string of the molecule is O=C(NNC(=O)c1c(F)cccc1F)c1ccccc1Br. The molecule has 21 heavy (non-hydrogen) atoms. The molecule has 0 atom stereocenters. The molecular weight excluding hydrogens is 346 g/mol. The summed E-state index contributed by atoms with van der Waals surface area (Å²) in [5.41, 5.74) is 3.57. The largest absolute Gasteiger partial charge is 0.275 e. The van der Waals surface area contributed by atoms with Gasteiger partial charge >= 0.3 is 0 Å². The van der Waals surface area contributed by atoms with Crippen molar-refractivity contribution in [1.29, 1.82) is 0 Å². The molecule has 0 heterocycles. The van der Waals surface area contributed by atoms with Crippen LogP contribution in [0.15, 0.2) is 46.9 Å². The summed E-state index contributed by atoms with van der Waals surface area (Å²) in [6.45, 7) is 0. The first-order valence-electron chi connectivity index (χ1n) is 5.80. The maximum Gasteiger partial charge on any atom is 0.275 e. The fraction of sp³-hybridized carbons (Fsp3) is 0. The average Bonchev–Trinajstić information content (AvgIpc) is 2.45. The Kier molecular flexibility index (Phi) is 4.64. The van der Waals surface area contributed by atoms with Gasteiger partial charge in [-0.2, -0.15) is 0 Å². The Morgan fingerprint density at radius 2 is 1.43 bits per heavy atom. The van der Waals surface area contributed by atoms with E-state index in [0.29, 0.717) is 4.47 Å². The topological polar surface area (TPSA) is 58.2 Å². The molecule has 0 aromatic heterocycles. The molecule has 0 saturated carbocycles. The van der Waals surface area contributed by atoms with Crippen LogP contribution in [0, 0.1) is 11.6 Å². The van der Waals surface area contributed by atoms with E-state index < -0.39 is 29.0 Å². The van der Waals surface area contributed by atoms with Crippen LogP contribution >= 0.6 is 15.9 Å². The molecule has 0 aliphatic carbocycles. The fourth-order valence-corrected chi connectivity index (χ4v) is 2.07. The smallest absolute Gasteiger partial charge is 0.267 e. The van der Waals surface area contributed by atoms with Crippen LogP contribution in [0.25, 0.3) is 0 Å². The number of hydrogen-bond donors (Lipinski definition) is 2. The van der Waals surface area contributed by atoms with Gasteiger partial charge in [0.05, 0.1) is 5.56 Å². The molecular formula is C14H9BrF2N2O2. The third kappa shape index (κ3) is 3.43. The van der Waals surface area contributed by atoms with Gasteiger partial charge < -0.3 is 0 Å². The maximum absolute atomic E-state index is 13.4. The Morgan fingerprint density at radius 3 is 2.05 bits per heavy atom. The van der Waals surface area contributed by atoms with E-state index in [0.717, 1.165) is 18.2 Å². The van der Waals surface area contributed by atoms with Crippen molar-refractivity contribution >= 4 is 27.7 Å². The summed E-state index contributed by atoms with van der Waals surface area (Å²) in [4.78, 5) is 23.5. The first kappa shape index (κ1) is 15.1. The molecule has 2 rings (SSSR count). The van der Waals surface area contributed by atoms with Crippen molar-refractivity contribution in [2.75, 3.05) is 0 Å². The summed E-state index contributed by atoms with van der Waals surface area (Å²) in [5, 5.41) is 0. The molecule has 0 bridgehead atoms. The van der Waals surface area contributed by atoms with Crippen LogP contribution in [0.3, 0.4) is 0 Å². The lowest BCUT2D eigenvalue weighted by Gasteiger charge is -2.09. The van der Waals surface area contributed by atoms with Crippen molar-refractivity contribution in [3.8, 4) is 0 Å².